The third-order valence-electron chi connectivity index (χ3n) is 2.53. The second-order valence-electron chi connectivity index (χ2n) is 3.40. The van der Waals surface area contributed by atoms with Crippen LogP contribution in [0.1, 0.15) is 5.56 Å². The van der Waals surface area contributed by atoms with Crippen molar-refractivity contribution in [2.75, 3.05) is 18.5 Å². The van der Waals surface area contributed by atoms with Gasteiger partial charge in [0.1, 0.15) is 0 Å². The van der Waals surface area contributed by atoms with E-state index in [1.807, 2.05) is 19.2 Å². The lowest BCUT2D eigenvalue weighted by Gasteiger charge is -2.16. The number of anilines is 1. The van der Waals surface area contributed by atoms with Crippen molar-refractivity contribution in [2.45, 2.75) is 6.42 Å². The molecule has 1 aliphatic heterocycles. The van der Waals surface area contributed by atoms with Crippen molar-refractivity contribution in [2.24, 2.45) is 0 Å². The molecule has 0 aromatic heterocycles. The molecule has 0 saturated heterocycles. The Labute approximate surface area is 77.8 Å². The summed E-state index contributed by atoms with van der Waals surface area (Å²) in [4.78, 5) is 2.06. The summed E-state index contributed by atoms with van der Waals surface area (Å²) in [6, 6.07) is 5.66. The van der Waals surface area contributed by atoms with Gasteiger partial charge in [0.2, 0.25) is 0 Å². The molecule has 0 aliphatic carbocycles. The number of benzene rings is 1. The Balaban J connectivity index is 2.53. The number of hydrogen-bond donors (Lipinski definition) is 2. The van der Waals surface area contributed by atoms with E-state index in [-0.39, 0.29) is 0 Å². The van der Waals surface area contributed by atoms with Gasteiger partial charge in [-0.3, -0.25) is 0 Å². The molecule has 1 heterocycles. The van der Waals surface area contributed by atoms with Gasteiger partial charge in [0.05, 0.1) is 0 Å². The molecule has 0 fully saturated rings. The molecule has 2 N–H and O–H groups in total. The lowest BCUT2D eigenvalue weighted by Crippen LogP contribution is -2.34. The second kappa shape index (κ2) is 3.05. The highest BCUT2D eigenvalue weighted by molar-refractivity contribution is 6.60. The molecule has 0 atom stereocenters. The van der Waals surface area contributed by atoms with E-state index in [4.69, 9.17) is 10.0 Å². The summed E-state index contributed by atoms with van der Waals surface area (Å²) in [6.07, 6.45) is 0.992. The fourth-order valence-corrected chi connectivity index (χ4v) is 1.89. The van der Waals surface area contributed by atoms with E-state index in [1.54, 1.807) is 6.07 Å². The molecule has 1 aromatic rings. The Hall–Kier alpha value is -0.995. The predicted octanol–water partition coefficient (Wildman–Crippen LogP) is -0.641. The molecule has 0 bridgehead atoms. The Bertz CT molecular complexity index is 327. The van der Waals surface area contributed by atoms with E-state index < -0.39 is 7.12 Å². The van der Waals surface area contributed by atoms with Crippen LogP contribution in [0.2, 0.25) is 0 Å². The Kier molecular flexibility index (Phi) is 2.02. The fraction of sp³-hybridized carbons (Fsp3) is 0.333. The molecule has 0 spiro atoms. The van der Waals surface area contributed by atoms with Gasteiger partial charge >= 0.3 is 7.12 Å². The molecular formula is C9H12BNO2. The van der Waals surface area contributed by atoms with Gasteiger partial charge < -0.3 is 14.9 Å². The second-order valence-corrected chi connectivity index (χ2v) is 3.40. The van der Waals surface area contributed by atoms with Crippen LogP contribution < -0.4 is 10.4 Å². The average molecular weight is 177 g/mol. The van der Waals surface area contributed by atoms with Gasteiger partial charge in [-0.25, -0.2) is 0 Å². The van der Waals surface area contributed by atoms with Crippen molar-refractivity contribution in [3.8, 4) is 0 Å². The van der Waals surface area contributed by atoms with E-state index in [0.717, 1.165) is 18.7 Å². The lowest BCUT2D eigenvalue weighted by atomic mass is 9.78. The number of likely N-dealkylation sites (N-methyl/N-ethyl adjacent to an activating group) is 1. The Morgan fingerprint density at radius 3 is 2.85 bits per heavy atom. The molecule has 3 nitrogen and oxygen atoms in total. The molecule has 0 amide bonds. The first kappa shape index (κ1) is 8.60. The third kappa shape index (κ3) is 1.32. The zero-order valence-corrected chi connectivity index (χ0v) is 7.57. The standard InChI is InChI=1S/C9H12BNO2/c1-11-6-5-7-3-2-4-8(9(7)11)10(12)13/h2-4,12-13H,5-6H2,1H3. The zero-order valence-electron chi connectivity index (χ0n) is 7.57. The van der Waals surface area contributed by atoms with Crippen LogP contribution in [0, 0.1) is 0 Å². The maximum Gasteiger partial charge on any atom is 0.490 e. The first-order valence-electron chi connectivity index (χ1n) is 4.39. The number of nitrogens with zero attached hydrogens (tertiary/aromatic N) is 1. The first-order chi connectivity index (χ1) is 6.20. The van der Waals surface area contributed by atoms with Gasteiger partial charge in [0, 0.05) is 24.7 Å². The highest BCUT2D eigenvalue weighted by atomic mass is 16.4. The largest absolute Gasteiger partial charge is 0.490 e. The minimum atomic E-state index is -1.37. The molecule has 13 heavy (non-hydrogen) atoms. The van der Waals surface area contributed by atoms with Gasteiger partial charge in [-0.1, -0.05) is 18.2 Å². The van der Waals surface area contributed by atoms with Gasteiger partial charge in [-0.15, -0.1) is 0 Å². The van der Waals surface area contributed by atoms with Gasteiger partial charge in [0.25, 0.3) is 0 Å². The molecule has 0 unspecified atom stereocenters. The summed E-state index contributed by atoms with van der Waals surface area (Å²) >= 11 is 0. The minimum Gasteiger partial charge on any atom is -0.423 e. The molecule has 0 radical (unpaired) electrons. The summed E-state index contributed by atoms with van der Waals surface area (Å²) in [7, 11) is 0.605. The maximum absolute atomic E-state index is 9.13. The van der Waals surface area contributed by atoms with Crippen LogP contribution in [0.25, 0.3) is 0 Å². The first-order valence-corrected chi connectivity index (χ1v) is 4.39. The predicted molar refractivity (Wildman–Crippen MR) is 53.2 cm³/mol. The molecule has 1 aliphatic rings. The van der Waals surface area contributed by atoms with Crippen molar-refractivity contribution in [3.05, 3.63) is 23.8 Å². The van der Waals surface area contributed by atoms with E-state index >= 15 is 0 Å². The molecule has 1 aromatic carbocycles. The van der Waals surface area contributed by atoms with Crippen LogP contribution >= 0.6 is 0 Å². The SMILES string of the molecule is CN1CCc2cccc(B(O)O)c21. The van der Waals surface area contributed by atoms with Crippen molar-refractivity contribution in [3.63, 3.8) is 0 Å². The van der Waals surface area contributed by atoms with Crippen molar-refractivity contribution in [1.82, 2.24) is 0 Å². The summed E-state index contributed by atoms with van der Waals surface area (Å²) in [5.41, 5.74) is 2.79. The molecule has 68 valence electrons. The average Bonchev–Trinajstić information content (AvgIpc) is 2.48. The fourth-order valence-electron chi connectivity index (χ4n) is 1.89. The topological polar surface area (TPSA) is 43.7 Å². The number of hydrogen-bond acceptors (Lipinski definition) is 3. The van der Waals surface area contributed by atoms with E-state index in [2.05, 4.69) is 4.90 Å². The van der Waals surface area contributed by atoms with E-state index in [1.165, 1.54) is 5.56 Å². The van der Waals surface area contributed by atoms with Crippen LogP contribution in [-0.4, -0.2) is 30.8 Å². The van der Waals surface area contributed by atoms with E-state index in [9.17, 15) is 0 Å². The molecule has 0 saturated carbocycles. The highest BCUT2D eigenvalue weighted by Gasteiger charge is 2.24. The van der Waals surface area contributed by atoms with Crippen molar-refractivity contribution >= 4 is 18.3 Å². The Morgan fingerprint density at radius 1 is 1.38 bits per heavy atom. The minimum absolute atomic E-state index is 0.609. The highest BCUT2D eigenvalue weighted by Crippen LogP contribution is 2.24. The summed E-state index contributed by atoms with van der Waals surface area (Å²) < 4.78 is 0. The van der Waals surface area contributed by atoms with Crippen LogP contribution in [0.5, 0.6) is 0 Å². The van der Waals surface area contributed by atoms with Gasteiger partial charge in [0.15, 0.2) is 0 Å². The summed E-state index contributed by atoms with van der Waals surface area (Å²) in [5, 5.41) is 18.3. The van der Waals surface area contributed by atoms with Gasteiger partial charge in [-0.05, 0) is 12.0 Å². The van der Waals surface area contributed by atoms with Gasteiger partial charge in [-0.2, -0.15) is 0 Å². The zero-order chi connectivity index (χ0) is 9.42. The number of rotatable bonds is 1. The maximum atomic E-state index is 9.13. The summed E-state index contributed by atoms with van der Waals surface area (Å²) in [6.45, 7) is 0.957. The van der Waals surface area contributed by atoms with Crippen LogP contribution in [0.3, 0.4) is 0 Å². The lowest BCUT2D eigenvalue weighted by molar-refractivity contribution is 0.426. The van der Waals surface area contributed by atoms with Crippen molar-refractivity contribution in [1.29, 1.82) is 0 Å². The number of para-hydroxylation sites is 1. The normalized spacial score (nSPS) is 14.5. The van der Waals surface area contributed by atoms with Crippen LogP contribution in [0.15, 0.2) is 18.2 Å². The van der Waals surface area contributed by atoms with Crippen LogP contribution in [0.4, 0.5) is 5.69 Å². The molecule has 4 heteroatoms. The monoisotopic (exact) mass is 177 g/mol. The quantitative estimate of drug-likeness (QED) is 0.560. The van der Waals surface area contributed by atoms with E-state index in [0.29, 0.717) is 5.46 Å². The smallest absolute Gasteiger partial charge is 0.423 e. The summed E-state index contributed by atoms with van der Waals surface area (Å²) in [5.74, 6) is 0. The van der Waals surface area contributed by atoms with Crippen LogP contribution in [-0.2, 0) is 6.42 Å². The number of fused-ring (bicyclic) bond motifs is 1. The third-order valence-corrected chi connectivity index (χ3v) is 2.53. The molecular weight excluding hydrogens is 165 g/mol. The Morgan fingerprint density at radius 2 is 2.15 bits per heavy atom. The molecule has 2 rings (SSSR count). The van der Waals surface area contributed by atoms with Crippen molar-refractivity contribution < 1.29 is 10.0 Å².